The molecule has 4 aromatic rings. The van der Waals surface area contributed by atoms with Gasteiger partial charge >= 0.3 is 12.1 Å². The highest BCUT2D eigenvalue weighted by Gasteiger charge is 2.36. The second-order valence-corrected chi connectivity index (χ2v) is 11.7. The van der Waals surface area contributed by atoms with Gasteiger partial charge in [-0.2, -0.15) is 0 Å². The zero-order valence-electron chi connectivity index (χ0n) is 25.7. The van der Waals surface area contributed by atoms with E-state index in [1.807, 2.05) is 109 Å². The Kier molecular flexibility index (Phi) is 11.0. The van der Waals surface area contributed by atoms with Gasteiger partial charge in [-0.3, -0.25) is 5.43 Å². The van der Waals surface area contributed by atoms with E-state index in [0.29, 0.717) is 24.7 Å². The van der Waals surface area contributed by atoms with Crippen LogP contribution in [0.3, 0.4) is 0 Å². The molecule has 0 aliphatic heterocycles. The lowest BCUT2D eigenvalue weighted by atomic mass is 9.93. The first kappa shape index (κ1) is 32.1. The third-order valence-electron chi connectivity index (χ3n) is 6.54. The molecule has 4 rings (SSSR count). The van der Waals surface area contributed by atoms with Crippen LogP contribution in [0, 0.1) is 0 Å². The van der Waals surface area contributed by atoms with Crippen molar-refractivity contribution in [1.82, 2.24) is 10.9 Å². The number of hydrogen-bond donors (Lipinski definition) is 2. The minimum absolute atomic E-state index is 0.0844. The van der Waals surface area contributed by atoms with E-state index < -0.39 is 23.2 Å². The van der Waals surface area contributed by atoms with Crippen LogP contribution >= 0.6 is 0 Å². The van der Waals surface area contributed by atoms with Crippen LogP contribution in [0.2, 0.25) is 0 Å². The molecule has 1 amide bonds. The van der Waals surface area contributed by atoms with Crippen molar-refractivity contribution in [2.45, 2.75) is 65.1 Å². The Labute approximate surface area is 259 Å². The molecule has 0 radical (unpaired) electrons. The Morgan fingerprint density at radius 2 is 1.11 bits per heavy atom. The fourth-order valence-electron chi connectivity index (χ4n) is 4.32. The number of carbonyl (C=O) groups is 2. The van der Waals surface area contributed by atoms with Crippen LogP contribution in [0.15, 0.2) is 109 Å². The fraction of sp³-hybridized carbons (Fsp3) is 0.278. The predicted molar refractivity (Wildman–Crippen MR) is 169 cm³/mol. The lowest BCUT2D eigenvalue weighted by molar-refractivity contribution is -0.152. The molecule has 0 heterocycles. The Morgan fingerprint density at radius 1 is 0.614 bits per heavy atom. The van der Waals surface area contributed by atoms with Gasteiger partial charge in [0.05, 0.1) is 0 Å². The van der Waals surface area contributed by atoms with E-state index in [1.165, 1.54) is 0 Å². The number of nitrogens with one attached hydrogen (secondary N) is 2. The van der Waals surface area contributed by atoms with E-state index in [-0.39, 0.29) is 13.0 Å². The zero-order valence-corrected chi connectivity index (χ0v) is 25.7. The molecule has 8 heteroatoms. The summed E-state index contributed by atoms with van der Waals surface area (Å²) in [7, 11) is 0. The van der Waals surface area contributed by atoms with E-state index in [9.17, 15) is 9.59 Å². The number of hydrazine groups is 1. The molecule has 0 fully saturated rings. The lowest BCUT2D eigenvalue weighted by Gasteiger charge is -2.30. The highest BCUT2D eigenvalue weighted by molar-refractivity contribution is 5.81. The normalized spacial score (nSPS) is 12.5. The first-order valence-electron chi connectivity index (χ1n) is 14.5. The van der Waals surface area contributed by atoms with Gasteiger partial charge in [-0.25, -0.2) is 15.0 Å². The summed E-state index contributed by atoms with van der Waals surface area (Å²) in [6.45, 7) is 7.74. The average molecular weight is 597 g/mol. The number of ether oxygens (including phenoxy) is 4. The first-order chi connectivity index (χ1) is 21.1. The standard InChI is InChI=1S/C36H40N2O6/c1-35(2,3)44-34(40)37-38-36(4,33(39)43-26-29-18-12-7-13-19-29)23-30-20-21-31(41-24-27-14-8-5-9-15-27)32(22-30)42-25-28-16-10-6-11-17-28/h5-22,38H,23-26H2,1-4H3,(H,37,40)/t36-/m0/s1. The van der Waals surface area contributed by atoms with Crippen LogP contribution in [-0.2, 0) is 40.5 Å². The van der Waals surface area contributed by atoms with Gasteiger partial charge in [0.1, 0.15) is 31.0 Å². The Hall–Kier alpha value is -4.82. The van der Waals surface area contributed by atoms with Gasteiger partial charge in [0.25, 0.3) is 0 Å². The minimum atomic E-state index is -1.35. The second kappa shape index (κ2) is 15.1. The Bertz CT molecular complexity index is 1490. The van der Waals surface area contributed by atoms with Crippen LogP contribution in [0.25, 0.3) is 0 Å². The number of esters is 1. The van der Waals surface area contributed by atoms with Crippen molar-refractivity contribution in [3.8, 4) is 11.5 Å². The van der Waals surface area contributed by atoms with Gasteiger partial charge in [0, 0.05) is 6.42 Å². The van der Waals surface area contributed by atoms with Crippen LogP contribution < -0.4 is 20.3 Å². The largest absolute Gasteiger partial charge is 0.485 e. The Balaban J connectivity index is 1.56. The van der Waals surface area contributed by atoms with E-state index >= 15 is 0 Å². The van der Waals surface area contributed by atoms with Crippen molar-refractivity contribution in [2.24, 2.45) is 0 Å². The summed E-state index contributed by atoms with van der Waals surface area (Å²) in [6, 6.07) is 34.7. The number of hydrogen-bond acceptors (Lipinski definition) is 7. The van der Waals surface area contributed by atoms with Gasteiger partial charge in [-0.05, 0) is 62.1 Å². The maximum absolute atomic E-state index is 13.5. The molecule has 44 heavy (non-hydrogen) atoms. The van der Waals surface area contributed by atoms with Crippen molar-refractivity contribution in [3.63, 3.8) is 0 Å². The van der Waals surface area contributed by atoms with Crippen LogP contribution in [-0.4, -0.2) is 23.2 Å². The molecule has 230 valence electrons. The highest BCUT2D eigenvalue weighted by Crippen LogP contribution is 2.32. The topological polar surface area (TPSA) is 95.1 Å². The van der Waals surface area contributed by atoms with Gasteiger partial charge in [-0.15, -0.1) is 0 Å². The molecule has 0 saturated carbocycles. The van der Waals surface area contributed by atoms with Crippen molar-refractivity contribution < 1.29 is 28.5 Å². The van der Waals surface area contributed by atoms with E-state index in [2.05, 4.69) is 10.9 Å². The average Bonchev–Trinajstić information content (AvgIpc) is 3.02. The summed E-state index contributed by atoms with van der Waals surface area (Å²) in [4.78, 5) is 26.0. The maximum atomic E-state index is 13.5. The summed E-state index contributed by atoms with van der Waals surface area (Å²) in [5.74, 6) is 0.553. The van der Waals surface area contributed by atoms with Crippen molar-refractivity contribution in [1.29, 1.82) is 0 Å². The minimum Gasteiger partial charge on any atom is -0.485 e. The van der Waals surface area contributed by atoms with Crippen molar-refractivity contribution in [3.05, 3.63) is 131 Å². The number of carbonyl (C=O) groups excluding carboxylic acids is 2. The van der Waals surface area contributed by atoms with Gasteiger partial charge in [-0.1, -0.05) is 97.1 Å². The smallest absolute Gasteiger partial charge is 0.422 e. The monoisotopic (exact) mass is 596 g/mol. The molecule has 0 aromatic heterocycles. The highest BCUT2D eigenvalue weighted by atomic mass is 16.6. The maximum Gasteiger partial charge on any atom is 0.422 e. The summed E-state index contributed by atoms with van der Waals surface area (Å²) >= 11 is 0. The molecule has 0 aliphatic carbocycles. The molecule has 0 spiro atoms. The summed E-state index contributed by atoms with van der Waals surface area (Å²) in [5, 5.41) is 0. The number of rotatable bonds is 13. The van der Waals surface area contributed by atoms with Gasteiger partial charge < -0.3 is 18.9 Å². The van der Waals surface area contributed by atoms with Gasteiger partial charge in [0.15, 0.2) is 11.5 Å². The van der Waals surface area contributed by atoms with E-state index in [1.54, 1.807) is 27.7 Å². The molecule has 0 saturated heterocycles. The Morgan fingerprint density at radius 3 is 1.64 bits per heavy atom. The van der Waals surface area contributed by atoms with Gasteiger partial charge in [0.2, 0.25) is 0 Å². The van der Waals surface area contributed by atoms with Crippen LogP contribution in [0.5, 0.6) is 11.5 Å². The second-order valence-electron chi connectivity index (χ2n) is 11.7. The third kappa shape index (κ3) is 10.2. The van der Waals surface area contributed by atoms with Crippen molar-refractivity contribution >= 4 is 12.1 Å². The number of amides is 1. The molecule has 8 nitrogen and oxygen atoms in total. The van der Waals surface area contributed by atoms with E-state index in [0.717, 1.165) is 22.3 Å². The molecule has 0 aliphatic rings. The lowest BCUT2D eigenvalue weighted by Crippen LogP contribution is -2.59. The fourth-order valence-corrected chi connectivity index (χ4v) is 4.32. The SMILES string of the molecule is CC(C)(C)OC(=O)NN[C@@](C)(Cc1ccc(OCc2ccccc2)c(OCc2ccccc2)c1)C(=O)OCc1ccccc1. The van der Waals surface area contributed by atoms with Crippen LogP contribution in [0.1, 0.15) is 49.9 Å². The van der Waals surface area contributed by atoms with Crippen molar-refractivity contribution in [2.75, 3.05) is 0 Å². The van der Waals surface area contributed by atoms with Crippen LogP contribution in [0.4, 0.5) is 4.79 Å². The molecular weight excluding hydrogens is 556 g/mol. The number of benzene rings is 4. The summed E-state index contributed by atoms with van der Waals surface area (Å²) < 4.78 is 23.4. The quantitative estimate of drug-likeness (QED) is 0.128. The molecule has 4 aromatic carbocycles. The molecule has 0 unspecified atom stereocenters. The zero-order chi connectivity index (χ0) is 31.4. The molecule has 1 atom stereocenters. The molecule has 2 N–H and O–H groups in total. The molecular formula is C36H40N2O6. The summed E-state index contributed by atoms with van der Waals surface area (Å²) in [6.07, 6.45) is -0.548. The summed E-state index contributed by atoms with van der Waals surface area (Å²) in [5.41, 5.74) is 6.97. The predicted octanol–water partition coefficient (Wildman–Crippen LogP) is 6.92. The van der Waals surface area contributed by atoms with E-state index in [4.69, 9.17) is 18.9 Å². The molecule has 0 bridgehead atoms. The third-order valence-corrected chi connectivity index (χ3v) is 6.54. The first-order valence-corrected chi connectivity index (χ1v) is 14.5.